The number of carbonyl (C=O) groups excluding carboxylic acids is 1. The third-order valence-corrected chi connectivity index (χ3v) is 3.75. The first-order valence-corrected chi connectivity index (χ1v) is 6.91. The number of amides is 1. The Bertz CT molecular complexity index is 667. The fourth-order valence-electron chi connectivity index (χ4n) is 2.01. The van der Waals surface area contributed by atoms with Crippen LogP contribution in [0.4, 0.5) is 4.39 Å². The van der Waals surface area contributed by atoms with Gasteiger partial charge in [-0.2, -0.15) is 5.10 Å². The van der Waals surface area contributed by atoms with Gasteiger partial charge in [-0.05, 0) is 32.0 Å². The second-order valence-electron chi connectivity index (χ2n) is 4.58. The number of nitrogens with zero attached hydrogens (tertiary/aromatic N) is 2. The van der Waals surface area contributed by atoms with Gasteiger partial charge in [-0.25, -0.2) is 4.39 Å². The van der Waals surface area contributed by atoms with Crippen molar-refractivity contribution in [1.29, 1.82) is 0 Å². The summed E-state index contributed by atoms with van der Waals surface area (Å²) in [5.74, 6) is -0.978. The van der Waals surface area contributed by atoms with Crippen LogP contribution in [0.5, 0.6) is 0 Å². The van der Waals surface area contributed by atoms with Crippen molar-refractivity contribution in [3.63, 3.8) is 0 Å². The number of nitrogens with one attached hydrogen (secondary N) is 1. The average Bonchev–Trinajstić information content (AvgIpc) is 2.61. The van der Waals surface area contributed by atoms with E-state index in [0.29, 0.717) is 11.0 Å². The number of aryl methyl sites for hydroxylation is 2. The number of halogens is 2. The zero-order chi connectivity index (χ0) is 14.9. The lowest BCUT2D eigenvalue weighted by molar-refractivity contribution is 0.0947. The second kappa shape index (κ2) is 5.75. The monoisotopic (exact) mass is 339 g/mol. The van der Waals surface area contributed by atoms with Gasteiger partial charge >= 0.3 is 0 Å². The van der Waals surface area contributed by atoms with Crippen LogP contribution in [-0.2, 0) is 13.6 Å². The van der Waals surface area contributed by atoms with E-state index in [9.17, 15) is 9.18 Å². The van der Waals surface area contributed by atoms with Gasteiger partial charge in [0.15, 0.2) is 0 Å². The van der Waals surface area contributed by atoms with E-state index < -0.39 is 11.7 Å². The third-order valence-electron chi connectivity index (χ3n) is 3.26. The maximum atomic E-state index is 13.7. The molecule has 0 saturated heterocycles. The van der Waals surface area contributed by atoms with Crippen molar-refractivity contribution in [3.05, 3.63) is 51.0 Å². The summed E-state index contributed by atoms with van der Waals surface area (Å²) in [6.45, 7) is 4.15. The van der Waals surface area contributed by atoms with Crippen molar-refractivity contribution in [2.24, 2.45) is 7.05 Å². The van der Waals surface area contributed by atoms with Crippen molar-refractivity contribution >= 4 is 21.8 Å². The van der Waals surface area contributed by atoms with E-state index in [1.807, 2.05) is 20.9 Å². The first-order valence-electron chi connectivity index (χ1n) is 6.12. The van der Waals surface area contributed by atoms with E-state index in [4.69, 9.17) is 0 Å². The minimum Gasteiger partial charge on any atom is -0.348 e. The maximum Gasteiger partial charge on any atom is 0.254 e. The van der Waals surface area contributed by atoms with E-state index in [2.05, 4.69) is 26.3 Å². The molecule has 1 amide bonds. The van der Waals surface area contributed by atoms with Crippen LogP contribution in [0, 0.1) is 19.7 Å². The number of hydrogen-bond donors (Lipinski definition) is 1. The molecule has 1 aromatic heterocycles. The van der Waals surface area contributed by atoms with E-state index >= 15 is 0 Å². The molecular weight excluding hydrogens is 325 g/mol. The van der Waals surface area contributed by atoms with Crippen LogP contribution in [0.2, 0.25) is 0 Å². The van der Waals surface area contributed by atoms with E-state index in [1.165, 1.54) is 12.1 Å². The third kappa shape index (κ3) is 2.90. The van der Waals surface area contributed by atoms with E-state index in [0.717, 1.165) is 17.0 Å². The number of rotatable bonds is 3. The minimum atomic E-state index is -0.545. The highest BCUT2D eigenvalue weighted by molar-refractivity contribution is 9.10. The molecule has 0 saturated carbocycles. The van der Waals surface area contributed by atoms with Crippen molar-refractivity contribution in [3.8, 4) is 0 Å². The standard InChI is InChI=1S/C14H15BrFN3O/c1-8-12(9(2)19(3)18-8)7-17-14(20)11-5-4-10(15)6-13(11)16/h4-6H,7H2,1-3H3,(H,17,20). The molecule has 0 aliphatic heterocycles. The lowest BCUT2D eigenvalue weighted by atomic mass is 10.1. The summed E-state index contributed by atoms with van der Waals surface area (Å²) in [5, 5.41) is 7.00. The molecule has 4 nitrogen and oxygen atoms in total. The summed E-state index contributed by atoms with van der Waals surface area (Å²) in [4.78, 5) is 12.0. The molecule has 6 heteroatoms. The molecule has 0 spiro atoms. The fourth-order valence-corrected chi connectivity index (χ4v) is 2.34. The largest absolute Gasteiger partial charge is 0.348 e. The number of aromatic nitrogens is 2. The first kappa shape index (κ1) is 14.7. The Kier molecular flexibility index (Phi) is 4.23. The molecule has 106 valence electrons. The molecule has 20 heavy (non-hydrogen) atoms. The van der Waals surface area contributed by atoms with Gasteiger partial charge in [0.25, 0.3) is 5.91 Å². The molecule has 0 radical (unpaired) electrons. The SMILES string of the molecule is Cc1nn(C)c(C)c1CNC(=O)c1ccc(Br)cc1F. The van der Waals surface area contributed by atoms with Gasteiger partial charge in [0, 0.05) is 29.3 Å². The van der Waals surface area contributed by atoms with Crippen LogP contribution >= 0.6 is 15.9 Å². The van der Waals surface area contributed by atoms with E-state index in [-0.39, 0.29) is 5.56 Å². The highest BCUT2D eigenvalue weighted by atomic mass is 79.9. The van der Waals surface area contributed by atoms with Gasteiger partial charge in [0.05, 0.1) is 11.3 Å². The average molecular weight is 340 g/mol. The summed E-state index contributed by atoms with van der Waals surface area (Å²) in [6, 6.07) is 4.37. The lowest BCUT2D eigenvalue weighted by Gasteiger charge is -2.07. The van der Waals surface area contributed by atoms with Crippen LogP contribution < -0.4 is 5.32 Å². The van der Waals surface area contributed by atoms with Gasteiger partial charge in [-0.3, -0.25) is 9.48 Å². The van der Waals surface area contributed by atoms with Crippen molar-refractivity contribution in [2.75, 3.05) is 0 Å². The molecule has 0 atom stereocenters. The molecular formula is C14H15BrFN3O. The fraction of sp³-hybridized carbons (Fsp3) is 0.286. The number of benzene rings is 1. The minimum absolute atomic E-state index is 0.0346. The molecule has 0 unspecified atom stereocenters. The second-order valence-corrected chi connectivity index (χ2v) is 5.50. The smallest absolute Gasteiger partial charge is 0.254 e. The molecule has 0 bridgehead atoms. The highest BCUT2D eigenvalue weighted by Gasteiger charge is 2.14. The van der Waals surface area contributed by atoms with Gasteiger partial charge in [0.2, 0.25) is 0 Å². The first-order chi connectivity index (χ1) is 9.40. The van der Waals surface area contributed by atoms with Crippen molar-refractivity contribution in [1.82, 2.24) is 15.1 Å². The summed E-state index contributed by atoms with van der Waals surface area (Å²) >= 11 is 3.16. The summed E-state index contributed by atoms with van der Waals surface area (Å²) in [7, 11) is 1.85. The van der Waals surface area contributed by atoms with Gasteiger partial charge < -0.3 is 5.32 Å². The van der Waals surface area contributed by atoms with E-state index in [1.54, 1.807) is 10.7 Å². The van der Waals surface area contributed by atoms with Gasteiger partial charge in [-0.1, -0.05) is 15.9 Å². The van der Waals surface area contributed by atoms with Crippen LogP contribution in [0.25, 0.3) is 0 Å². The van der Waals surface area contributed by atoms with Crippen LogP contribution in [-0.4, -0.2) is 15.7 Å². The molecule has 0 fully saturated rings. The topological polar surface area (TPSA) is 46.9 Å². The quantitative estimate of drug-likeness (QED) is 0.934. The number of carbonyl (C=O) groups is 1. The number of hydrogen-bond acceptors (Lipinski definition) is 2. The van der Waals surface area contributed by atoms with Crippen molar-refractivity contribution < 1.29 is 9.18 Å². The highest BCUT2D eigenvalue weighted by Crippen LogP contribution is 2.16. The normalized spacial score (nSPS) is 10.7. The summed E-state index contributed by atoms with van der Waals surface area (Å²) in [6.07, 6.45) is 0. The predicted molar refractivity (Wildman–Crippen MR) is 78.0 cm³/mol. The van der Waals surface area contributed by atoms with Crippen molar-refractivity contribution in [2.45, 2.75) is 20.4 Å². The molecule has 0 aliphatic carbocycles. The Balaban J connectivity index is 2.12. The molecule has 2 rings (SSSR count). The summed E-state index contributed by atoms with van der Waals surface area (Å²) < 4.78 is 16.0. The molecule has 1 N–H and O–H groups in total. The van der Waals surface area contributed by atoms with Gasteiger partial charge in [0.1, 0.15) is 5.82 Å². The Morgan fingerprint density at radius 3 is 2.70 bits per heavy atom. The Labute approximate surface area is 125 Å². The molecule has 1 aromatic carbocycles. The maximum absolute atomic E-state index is 13.7. The Hall–Kier alpha value is -1.69. The molecule has 1 heterocycles. The van der Waals surface area contributed by atoms with Crippen LogP contribution in [0.15, 0.2) is 22.7 Å². The van der Waals surface area contributed by atoms with Crippen LogP contribution in [0.1, 0.15) is 27.3 Å². The zero-order valence-electron chi connectivity index (χ0n) is 11.5. The molecule has 2 aromatic rings. The van der Waals surface area contributed by atoms with Gasteiger partial charge in [-0.15, -0.1) is 0 Å². The predicted octanol–water partition coefficient (Wildman–Crippen LogP) is 2.87. The lowest BCUT2D eigenvalue weighted by Crippen LogP contribution is -2.24. The Morgan fingerprint density at radius 1 is 1.45 bits per heavy atom. The Morgan fingerprint density at radius 2 is 2.15 bits per heavy atom. The van der Waals surface area contributed by atoms with Crippen LogP contribution in [0.3, 0.4) is 0 Å². The summed E-state index contributed by atoms with van der Waals surface area (Å²) in [5.41, 5.74) is 2.84. The molecule has 0 aliphatic rings. The zero-order valence-corrected chi connectivity index (χ0v) is 13.1.